The molecule has 0 unspecified atom stereocenters. The van der Waals surface area contributed by atoms with E-state index in [9.17, 15) is 0 Å². The van der Waals surface area contributed by atoms with E-state index in [1.165, 1.54) is 11.1 Å². The lowest BCUT2D eigenvalue weighted by Gasteiger charge is -2.09. The van der Waals surface area contributed by atoms with E-state index in [-0.39, 0.29) is 0 Å². The van der Waals surface area contributed by atoms with Crippen molar-refractivity contribution in [2.75, 3.05) is 25.4 Å². The van der Waals surface area contributed by atoms with Gasteiger partial charge in [-0.25, -0.2) is 0 Å². The first kappa shape index (κ1) is 16.4. The van der Waals surface area contributed by atoms with E-state index >= 15 is 0 Å². The number of hydrogen-bond donors (Lipinski definition) is 2. The minimum absolute atomic E-state index is 0.648. The number of hydrogen-bond acceptors (Lipinski definition) is 3. The molecule has 2 aromatic rings. The van der Waals surface area contributed by atoms with Crippen LogP contribution in [-0.4, -0.2) is 19.7 Å². The molecule has 0 radical (unpaired) electrons. The summed E-state index contributed by atoms with van der Waals surface area (Å²) in [5.74, 6) is 0.784. The van der Waals surface area contributed by atoms with Crippen LogP contribution in [0, 0.1) is 0 Å². The largest absolute Gasteiger partial charge is 0.492 e. The van der Waals surface area contributed by atoms with Crippen molar-refractivity contribution in [3.8, 4) is 5.75 Å². The van der Waals surface area contributed by atoms with E-state index in [1.54, 1.807) is 0 Å². The fourth-order valence-electron chi connectivity index (χ4n) is 2.46. The number of benzene rings is 2. The van der Waals surface area contributed by atoms with Crippen LogP contribution in [-0.2, 0) is 12.8 Å². The summed E-state index contributed by atoms with van der Waals surface area (Å²) in [5.41, 5.74) is 9.37. The van der Waals surface area contributed by atoms with Gasteiger partial charge in [0.1, 0.15) is 5.75 Å². The molecule has 3 heteroatoms. The zero-order chi connectivity index (χ0) is 15.6. The number of ether oxygens (including phenoxy) is 1. The molecule has 0 saturated heterocycles. The zero-order valence-electron chi connectivity index (χ0n) is 13.3. The van der Waals surface area contributed by atoms with Crippen molar-refractivity contribution in [1.82, 2.24) is 5.32 Å². The maximum atomic E-state index is 5.98. The first-order valence-electron chi connectivity index (χ1n) is 8.05. The molecule has 0 aliphatic rings. The number of rotatable bonds is 9. The van der Waals surface area contributed by atoms with E-state index in [0.29, 0.717) is 6.61 Å². The van der Waals surface area contributed by atoms with E-state index in [1.807, 2.05) is 19.1 Å². The summed E-state index contributed by atoms with van der Waals surface area (Å²) < 4.78 is 5.45. The minimum atomic E-state index is 0.648. The average molecular weight is 298 g/mol. The van der Waals surface area contributed by atoms with Gasteiger partial charge in [-0.2, -0.15) is 0 Å². The number of nitrogen functional groups attached to an aromatic ring is 1. The normalized spacial score (nSPS) is 10.6. The third kappa shape index (κ3) is 5.41. The third-order valence-electron chi connectivity index (χ3n) is 3.63. The Hall–Kier alpha value is -2.00. The van der Waals surface area contributed by atoms with Crippen molar-refractivity contribution >= 4 is 5.69 Å². The monoisotopic (exact) mass is 298 g/mol. The highest BCUT2D eigenvalue weighted by molar-refractivity contribution is 5.54. The van der Waals surface area contributed by atoms with Gasteiger partial charge >= 0.3 is 0 Å². The highest BCUT2D eigenvalue weighted by Gasteiger charge is 2.01. The molecule has 0 fully saturated rings. The smallest absolute Gasteiger partial charge is 0.142 e. The Balaban J connectivity index is 1.63. The second-order valence-electron chi connectivity index (χ2n) is 5.39. The van der Waals surface area contributed by atoms with Gasteiger partial charge in [0.2, 0.25) is 0 Å². The fourth-order valence-corrected chi connectivity index (χ4v) is 2.46. The number of nitrogens with one attached hydrogen (secondary N) is 1. The SMILES string of the molecule is CCOc1ccc(CCCNCCc2ccccc2)cc1N. The van der Waals surface area contributed by atoms with Crippen molar-refractivity contribution in [1.29, 1.82) is 0 Å². The van der Waals surface area contributed by atoms with E-state index in [2.05, 4.69) is 41.7 Å². The van der Waals surface area contributed by atoms with E-state index in [4.69, 9.17) is 10.5 Å². The van der Waals surface area contributed by atoms with Crippen molar-refractivity contribution < 1.29 is 4.74 Å². The average Bonchev–Trinajstić information content (AvgIpc) is 2.54. The van der Waals surface area contributed by atoms with Crippen molar-refractivity contribution in [3.05, 3.63) is 59.7 Å². The Bertz CT molecular complexity index is 555. The number of nitrogens with two attached hydrogens (primary N) is 1. The predicted molar refractivity (Wildman–Crippen MR) is 93.4 cm³/mol. The summed E-state index contributed by atoms with van der Waals surface area (Å²) in [6, 6.07) is 16.7. The molecule has 2 rings (SSSR count). The molecule has 0 spiro atoms. The summed E-state index contributed by atoms with van der Waals surface area (Å²) in [6.45, 7) is 4.67. The van der Waals surface area contributed by atoms with E-state index in [0.717, 1.165) is 43.8 Å². The molecule has 2 aromatic carbocycles. The summed E-state index contributed by atoms with van der Waals surface area (Å²) in [6.07, 6.45) is 3.23. The van der Waals surface area contributed by atoms with Gasteiger partial charge in [-0.3, -0.25) is 0 Å². The van der Waals surface area contributed by atoms with Crippen molar-refractivity contribution in [2.24, 2.45) is 0 Å². The van der Waals surface area contributed by atoms with Crippen LogP contribution in [0.25, 0.3) is 0 Å². The molecule has 0 aliphatic carbocycles. The molecule has 0 bridgehead atoms. The van der Waals surface area contributed by atoms with Crippen LogP contribution in [0.3, 0.4) is 0 Å². The van der Waals surface area contributed by atoms with Crippen LogP contribution in [0.4, 0.5) is 5.69 Å². The summed E-state index contributed by atoms with van der Waals surface area (Å²) >= 11 is 0. The molecule has 22 heavy (non-hydrogen) atoms. The molecule has 118 valence electrons. The van der Waals surface area contributed by atoms with Crippen LogP contribution >= 0.6 is 0 Å². The maximum absolute atomic E-state index is 5.98. The van der Waals surface area contributed by atoms with Gasteiger partial charge in [0, 0.05) is 0 Å². The Kier molecular flexibility index (Phi) is 6.78. The van der Waals surface area contributed by atoms with Crippen molar-refractivity contribution in [2.45, 2.75) is 26.2 Å². The molecular weight excluding hydrogens is 272 g/mol. The molecule has 3 N–H and O–H groups in total. The van der Waals surface area contributed by atoms with Gasteiger partial charge in [-0.05, 0) is 62.5 Å². The van der Waals surface area contributed by atoms with Gasteiger partial charge in [0.05, 0.1) is 12.3 Å². The first-order valence-corrected chi connectivity index (χ1v) is 8.05. The van der Waals surface area contributed by atoms with Crippen molar-refractivity contribution in [3.63, 3.8) is 0 Å². The van der Waals surface area contributed by atoms with E-state index < -0.39 is 0 Å². The molecule has 3 nitrogen and oxygen atoms in total. The van der Waals surface area contributed by atoms with Crippen LogP contribution in [0.15, 0.2) is 48.5 Å². The molecule has 0 atom stereocenters. The topological polar surface area (TPSA) is 47.3 Å². The summed E-state index contributed by atoms with van der Waals surface area (Å²) in [5, 5.41) is 3.49. The standard InChI is InChI=1S/C19H26N2O/c1-2-22-19-11-10-17(15-18(19)20)9-6-13-21-14-12-16-7-4-3-5-8-16/h3-5,7-8,10-11,15,21H,2,6,9,12-14,20H2,1H3. The molecule has 0 amide bonds. The van der Waals surface area contributed by atoms with Gasteiger partial charge in [0.25, 0.3) is 0 Å². The van der Waals surface area contributed by atoms with Crippen LogP contribution < -0.4 is 15.8 Å². The zero-order valence-corrected chi connectivity index (χ0v) is 13.3. The first-order chi connectivity index (χ1) is 10.8. The lowest BCUT2D eigenvalue weighted by molar-refractivity contribution is 0.342. The quantitative estimate of drug-likeness (QED) is 0.551. The van der Waals surface area contributed by atoms with Crippen LogP contribution in [0.5, 0.6) is 5.75 Å². The van der Waals surface area contributed by atoms with Crippen LogP contribution in [0.2, 0.25) is 0 Å². The fraction of sp³-hybridized carbons (Fsp3) is 0.368. The predicted octanol–water partition coefficient (Wildman–Crippen LogP) is 3.43. The van der Waals surface area contributed by atoms with Gasteiger partial charge in [0.15, 0.2) is 0 Å². The molecule has 0 aromatic heterocycles. The van der Waals surface area contributed by atoms with Crippen LogP contribution in [0.1, 0.15) is 24.5 Å². The van der Waals surface area contributed by atoms with Gasteiger partial charge in [-0.15, -0.1) is 0 Å². The van der Waals surface area contributed by atoms with Gasteiger partial charge < -0.3 is 15.8 Å². The Labute approximate surface area is 133 Å². The Morgan fingerprint density at radius 3 is 2.50 bits per heavy atom. The molecule has 0 saturated carbocycles. The second-order valence-corrected chi connectivity index (χ2v) is 5.39. The molecule has 0 heterocycles. The number of aryl methyl sites for hydroxylation is 1. The summed E-state index contributed by atoms with van der Waals surface area (Å²) in [4.78, 5) is 0. The van der Waals surface area contributed by atoms with Gasteiger partial charge in [-0.1, -0.05) is 36.4 Å². The molecular formula is C19H26N2O. The Morgan fingerprint density at radius 2 is 1.77 bits per heavy atom. The molecule has 0 aliphatic heterocycles. The lowest BCUT2D eigenvalue weighted by atomic mass is 10.1. The Morgan fingerprint density at radius 1 is 0.955 bits per heavy atom. The summed E-state index contributed by atoms with van der Waals surface area (Å²) in [7, 11) is 0. The lowest BCUT2D eigenvalue weighted by Crippen LogP contribution is -2.19. The number of anilines is 1. The second kappa shape index (κ2) is 9.11. The third-order valence-corrected chi connectivity index (χ3v) is 3.63. The maximum Gasteiger partial charge on any atom is 0.142 e. The minimum Gasteiger partial charge on any atom is -0.492 e. The highest BCUT2D eigenvalue weighted by atomic mass is 16.5. The highest BCUT2D eigenvalue weighted by Crippen LogP contribution is 2.22.